The summed E-state index contributed by atoms with van der Waals surface area (Å²) in [6.07, 6.45) is 0.893. The monoisotopic (exact) mass is 272 g/mol. The van der Waals surface area contributed by atoms with Crippen LogP contribution in [0.2, 0.25) is 0 Å². The van der Waals surface area contributed by atoms with Gasteiger partial charge in [0, 0.05) is 17.9 Å². The molecule has 0 saturated carbocycles. The third-order valence-electron chi connectivity index (χ3n) is 3.44. The highest BCUT2D eigenvalue weighted by Crippen LogP contribution is 2.29. The number of benzene rings is 2. The molecule has 0 aromatic heterocycles. The molecule has 0 unspecified atom stereocenters. The lowest BCUT2D eigenvalue weighted by molar-refractivity contribution is 0.628. The van der Waals surface area contributed by atoms with Crippen molar-refractivity contribution in [1.82, 2.24) is 0 Å². The Labute approximate surface area is 120 Å². The van der Waals surface area contributed by atoms with Gasteiger partial charge in [-0.25, -0.2) is 4.39 Å². The second-order valence-corrected chi connectivity index (χ2v) is 4.88. The van der Waals surface area contributed by atoms with Crippen LogP contribution < -0.4 is 10.6 Å². The van der Waals surface area contributed by atoms with Crippen molar-refractivity contribution >= 4 is 11.4 Å². The summed E-state index contributed by atoms with van der Waals surface area (Å²) < 4.78 is 13.0. The Bertz CT molecular complexity index is 564. The smallest absolute Gasteiger partial charge is 0.123 e. The van der Waals surface area contributed by atoms with Crippen LogP contribution in [0.25, 0.3) is 0 Å². The lowest BCUT2D eigenvalue weighted by atomic mass is 10.1. The van der Waals surface area contributed by atoms with Gasteiger partial charge in [0.15, 0.2) is 0 Å². The van der Waals surface area contributed by atoms with Crippen molar-refractivity contribution < 1.29 is 4.39 Å². The third kappa shape index (κ3) is 3.17. The summed E-state index contributed by atoms with van der Waals surface area (Å²) in [4.78, 5) is 2.18. The van der Waals surface area contributed by atoms with E-state index in [0.29, 0.717) is 6.54 Å². The molecule has 0 heterocycles. The van der Waals surface area contributed by atoms with Crippen LogP contribution >= 0.6 is 0 Å². The maximum atomic E-state index is 13.0. The molecule has 2 rings (SSSR count). The van der Waals surface area contributed by atoms with Gasteiger partial charge in [0.05, 0.1) is 0 Å². The molecule has 3 heteroatoms. The Balaban J connectivity index is 2.34. The highest BCUT2D eigenvalue weighted by atomic mass is 19.1. The maximum Gasteiger partial charge on any atom is 0.123 e. The van der Waals surface area contributed by atoms with Crippen LogP contribution in [-0.4, -0.2) is 13.1 Å². The van der Waals surface area contributed by atoms with E-state index in [9.17, 15) is 4.39 Å². The summed E-state index contributed by atoms with van der Waals surface area (Å²) in [5.41, 5.74) is 10.2. The Morgan fingerprint density at radius 1 is 1.10 bits per heavy atom. The standard InChI is InChI=1S/C17H21FN2/c1-3-20(16-7-5-15(18)6-8-16)17-9-4-14(10-11-19)12-13(17)2/h4-9,12H,3,10-11,19H2,1-2H3. The second-order valence-electron chi connectivity index (χ2n) is 4.88. The molecule has 0 aliphatic carbocycles. The Morgan fingerprint density at radius 3 is 2.35 bits per heavy atom. The highest BCUT2D eigenvalue weighted by Gasteiger charge is 2.10. The van der Waals surface area contributed by atoms with E-state index in [-0.39, 0.29) is 5.82 Å². The molecule has 0 radical (unpaired) electrons. The average molecular weight is 272 g/mol. The van der Waals surface area contributed by atoms with E-state index in [4.69, 9.17) is 5.73 Å². The van der Waals surface area contributed by atoms with E-state index in [1.807, 2.05) is 12.1 Å². The molecule has 2 aromatic rings. The van der Waals surface area contributed by atoms with E-state index in [1.54, 1.807) is 0 Å². The van der Waals surface area contributed by atoms with Crippen molar-refractivity contribution in [2.24, 2.45) is 5.73 Å². The first-order valence-corrected chi connectivity index (χ1v) is 6.98. The second kappa shape index (κ2) is 6.53. The summed E-state index contributed by atoms with van der Waals surface area (Å²) in [6, 6.07) is 13.0. The molecule has 20 heavy (non-hydrogen) atoms. The SMILES string of the molecule is CCN(c1ccc(F)cc1)c1ccc(CCN)cc1C. The van der Waals surface area contributed by atoms with Crippen LogP contribution in [-0.2, 0) is 6.42 Å². The van der Waals surface area contributed by atoms with Crippen LogP contribution in [0.4, 0.5) is 15.8 Å². The molecule has 0 saturated heterocycles. The summed E-state index contributed by atoms with van der Waals surface area (Å²) in [5.74, 6) is -0.209. The van der Waals surface area contributed by atoms with Gasteiger partial charge in [-0.3, -0.25) is 0 Å². The molecule has 2 aromatic carbocycles. The van der Waals surface area contributed by atoms with E-state index in [2.05, 4.69) is 36.9 Å². The summed E-state index contributed by atoms with van der Waals surface area (Å²) >= 11 is 0. The molecule has 106 valence electrons. The molecular formula is C17H21FN2. The van der Waals surface area contributed by atoms with Crippen LogP contribution in [0.3, 0.4) is 0 Å². The van der Waals surface area contributed by atoms with Gasteiger partial charge in [0.2, 0.25) is 0 Å². The van der Waals surface area contributed by atoms with Gasteiger partial charge >= 0.3 is 0 Å². The first-order chi connectivity index (χ1) is 9.65. The van der Waals surface area contributed by atoms with Crippen molar-refractivity contribution in [3.05, 3.63) is 59.4 Å². The van der Waals surface area contributed by atoms with E-state index in [0.717, 1.165) is 24.3 Å². The molecule has 0 amide bonds. The quantitative estimate of drug-likeness (QED) is 0.897. The maximum absolute atomic E-state index is 13.0. The van der Waals surface area contributed by atoms with Gasteiger partial charge in [-0.05, 0) is 68.3 Å². The fourth-order valence-corrected chi connectivity index (χ4v) is 2.46. The molecule has 0 spiro atoms. The Kier molecular flexibility index (Phi) is 4.74. The first-order valence-electron chi connectivity index (χ1n) is 6.98. The fraction of sp³-hybridized carbons (Fsp3) is 0.294. The van der Waals surface area contributed by atoms with E-state index >= 15 is 0 Å². The van der Waals surface area contributed by atoms with Gasteiger partial charge in [-0.1, -0.05) is 12.1 Å². The third-order valence-corrected chi connectivity index (χ3v) is 3.44. The number of anilines is 2. The highest BCUT2D eigenvalue weighted by molar-refractivity contribution is 5.66. The van der Waals surface area contributed by atoms with Gasteiger partial charge in [0.25, 0.3) is 0 Å². The number of aryl methyl sites for hydroxylation is 1. The van der Waals surface area contributed by atoms with Gasteiger partial charge in [-0.2, -0.15) is 0 Å². The molecular weight excluding hydrogens is 251 g/mol. The van der Waals surface area contributed by atoms with Gasteiger partial charge in [-0.15, -0.1) is 0 Å². The Morgan fingerprint density at radius 2 is 1.80 bits per heavy atom. The predicted molar refractivity (Wildman–Crippen MR) is 83.0 cm³/mol. The zero-order valence-electron chi connectivity index (χ0n) is 12.1. The zero-order valence-corrected chi connectivity index (χ0v) is 12.1. The summed E-state index contributed by atoms with van der Waals surface area (Å²) in [6.45, 7) is 5.69. The number of halogens is 1. The molecule has 0 aliphatic rings. The topological polar surface area (TPSA) is 29.3 Å². The molecule has 2 N–H and O–H groups in total. The normalized spacial score (nSPS) is 10.6. The number of rotatable bonds is 5. The number of hydrogen-bond acceptors (Lipinski definition) is 2. The minimum Gasteiger partial charge on any atom is -0.342 e. The minimum absolute atomic E-state index is 0.209. The van der Waals surface area contributed by atoms with E-state index in [1.165, 1.54) is 23.3 Å². The first kappa shape index (κ1) is 14.5. The average Bonchev–Trinajstić information content (AvgIpc) is 2.44. The number of hydrogen-bond donors (Lipinski definition) is 1. The van der Waals surface area contributed by atoms with Crippen LogP contribution in [0.15, 0.2) is 42.5 Å². The van der Waals surface area contributed by atoms with Crippen molar-refractivity contribution in [1.29, 1.82) is 0 Å². The fourth-order valence-electron chi connectivity index (χ4n) is 2.46. The summed E-state index contributed by atoms with van der Waals surface area (Å²) in [5, 5.41) is 0. The lowest BCUT2D eigenvalue weighted by Gasteiger charge is -2.25. The van der Waals surface area contributed by atoms with Crippen LogP contribution in [0.1, 0.15) is 18.1 Å². The molecule has 0 aliphatic heterocycles. The van der Waals surface area contributed by atoms with Crippen molar-refractivity contribution in [3.63, 3.8) is 0 Å². The van der Waals surface area contributed by atoms with Crippen LogP contribution in [0.5, 0.6) is 0 Å². The van der Waals surface area contributed by atoms with Gasteiger partial charge < -0.3 is 10.6 Å². The van der Waals surface area contributed by atoms with Gasteiger partial charge in [0.1, 0.15) is 5.82 Å². The largest absolute Gasteiger partial charge is 0.342 e. The van der Waals surface area contributed by atoms with Crippen molar-refractivity contribution in [3.8, 4) is 0 Å². The zero-order chi connectivity index (χ0) is 14.5. The summed E-state index contributed by atoms with van der Waals surface area (Å²) in [7, 11) is 0. The molecule has 2 nitrogen and oxygen atoms in total. The minimum atomic E-state index is -0.209. The Hall–Kier alpha value is -1.87. The van der Waals surface area contributed by atoms with Crippen LogP contribution in [0, 0.1) is 12.7 Å². The number of nitrogens with zero attached hydrogens (tertiary/aromatic N) is 1. The number of nitrogens with two attached hydrogens (primary N) is 1. The van der Waals surface area contributed by atoms with Crippen molar-refractivity contribution in [2.75, 3.05) is 18.0 Å². The molecule has 0 atom stereocenters. The van der Waals surface area contributed by atoms with Crippen molar-refractivity contribution in [2.45, 2.75) is 20.3 Å². The van der Waals surface area contributed by atoms with E-state index < -0.39 is 0 Å². The molecule has 0 bridgehead atoms. The predicted octanol–water partition coefficient (Wildman–Crippen LogP) is 3.79. The molecule has 0 fully saturated rings. The lowest BCUT2D eigenvalue weighted by Crippen LogP contribution is -2.17.